The third-order valence-electron chi connectivity index (χ3n) is 1.87. The Kier molecular flexibility index (Phi) is 2.90. The summed E-state index contributed by atoms with van der Waals surface area (Å²) in [5, 5.41) is 13.8. The van der Waals surface area contributed by atoms with E-state index in [9.17, 15) is 9.90 Å². The van der Waals surface area contributed by atoms with E-state index in [1.165, 1.54) is 18.7 Å². The molecule has 1 aromatic rings. The highest BCUT2D eigenvalue weighted by molar-refractivity contribution is 5.78. The molecule has 0 saturated heterocycles. The standard InChI is InChI=1S/C9H14N2O3/c1-7-4-5-11(10-7)6-9(2,13)8(12)14-3/h4-5,13H,6H2,1-3H3. The Labute approximate surface area is 82.3 Å². The van der Waals surface area contributed by atoms with Gasteiger partial charge in [0.25, 0.3) is 0 Å². The first-order valence-electron chi connectivity index (χ1n) is 4.26. The van der Waals surface area contributed by atoms with Crippen LogP contribution in [0.4, 0.5) is 0 Å². The zero-order chi connectivity index (χ0) is 10.8. The molecule has 0 aliphatic rings. The lowest BCUT2D eigenvalue weighted by atomic mass is 10.1. The van der Waals surface area contributed by atoms with Gasteiger partial charge in [-0.25, -0.2) is 4.79 Å². The Morgan fingerprint density at radius 1 is 1.79 bits per heavy atom. The quantitative estimate of drug-likeness (QED) is 0.700. The summed E-state index contributed by atoms with van der Waals surface area (Å²) in [6.07, 6.45) is 1.70. The van der Waals surface area contributed by atoms with Crippen molar-refractivity contribution in [3.8, 4) is 0 Å². The van der Waals surface area contributed by atoms with E-state index in [1.54, 1.807) is 12.3 Å². The molecule has 1 atom stereocenters. The molecule has 5 heteroatoms. The van der Waals surface area contributed by atoms with Crippen LogP contribution in [0.1, 0.15) is 12.6 Å². The van der Waals surface area contributed by atoms with Gasteiger partial charge < -0.3 is 9.84 Å². The predicted molar refractivity (Wildman–Crippen MR) is 49.6 cm³/mol. The van der Waals surface area contributed by atoms with Gasteiger partial charge >= 0.3 is 5.97 Å². The molecule has 5 nitrogen and oxygen atoms in total. The SMILES string of the molecule is COC(=O)C(C)(O)Cn1ccc(C)n1. The van der Waals surface area contributed by atoms with E-state index in [4.69, 9.17) is 0 Å². The molecule has 1 rings (SSSR count). The summed E-state index contributed by atoms with van der Waals surface area (Å²) in [5.41, 5.74) is -0.696. The number of aromatic nitrogens is 2. The van der Waals surface area contributed by atoms with Crippen molar-refractivity contribution in [1.29, 1.82) is 0 Å². The lowest BCUT2D eigenvalue weighted by Gasteiger charge is -2.19. The van der Waals surface area contributed by atoms with E-state index in [-0.39, 0.29) is 6.54 Å². The minimum Gasteiger partial charge on any atom is -0.467 e. The Hall–Kier alpha value is -1.36. The van der Waals surface area contributed by atoms with Gasteiger partial charge in [0.05, 0.1) is 19.3 Å². The molecule has 78 valence electrons. The van der Waals surface area contributed by atoms with Gasteiger partial charge in [-0.1, -0.05) is 0 Å². The third kappa shape index (κ3) is 2.32. The van der Waals surface area contributed by atoms with Crippen LogP contribution in [0.15, 0.2) is 12.3 Å². The number of hydrogen-bond donors (Lipinski definition) is 1. The molecule has 14 heavy (non-hydrogen) atoms. The number of aryl methyl sites for hydroxylation is 1. The highest BCUT2D eigenvalue weighted by Crippen LogP contribution is 2.09. The lowest BCUT2D eigenvalue weighted by molar-refractivity contribution is -0.162. The fourth-order valence-electron chi connectivity index (χ4n) is 1.15. The van der Waals surface area contributed by atoms with Crippen molar-refractivity contribution in [1.82, 2.24) is 9.78 Å². The number of methoxy groups -OCH3 is 1. The minimum atomic E-state index is -1.53. The number of aliphatic hydroxyl groups is 1. The summed E-state index contributed by atoms with van der Waals surface area (Å²) >= 11 is 0. The number of esters is 1. The van der Waals surface area contributed by atoms with Crippen molar-refractivity contribution < 1.29 is 14.6 Å². The third-order valence-corrected chi connectivity index (χ3v) is 1.87. The average Bonchev–Trinajstić information content (AvgIpc) is 2.48. The zero-order valence-corrected chi connectivity index (χ0v) is 8.52. The summed E-state index contributed by atoms with van der Waals surface area (Å²) < 4.78 is 5.97. The van der Waals surface area contributed by atoms with E-state index in [1.807, 2.05) is 6.92 Å². The average molecular weight is 198 g/mol. The van der Waals surface area contributed by atoms with E-state index < -0.39 is 11.6 Å². The molecule has 0 amide bonds. The molecule has 0 bridgehead atoms. The van der Waals surface area contributed by atoms with E-state index in [0.29, 0.717) is 0 Å². The van der Waals surface area contributed by atoms with Crippen LogP contribution in [-0.4, -0.2) is 33.6 Å². The van der Waals surface area contributed by atoms with E-state index in [2.05, 4.69) is 9.84 Å². The second-order valence-corrected chi connectivity index (χ2v) is 3.42. The van der Waals surface area contributed by atoms with Gasteiger partial charge in [0.15, 0.2) is 5.60 Å². The lowest BCUT2D eigenvalue weighted by Crippen LogP contribution is -2.40. The van der Waals surface area contributed by atoms with Crippen LogP contribution < -0.4 is 0 Å². The van der Waals surface area contributed by atoms with Crippen LogP contribution in [0.5, 0.6) is 0 Å². The first-order valence-corrected chi connectivity index (χ1v) is 4.26. The van der Waals surface area contributed by atoms with Crippen LogP contribution in [0.3, 0.4) is 0 Å². The van der Waals surface area contributed by atoms with Crippen molar-refractivity contribution in [2.45, 2.75) is 26.0 Å². The van der Waals surface area contributed by atoms with Crippen molar-refractivity contribution in [2.75, 3.05) is 7.11 Å². The molecule has 1 unspecified atom stereocenters. The Bertz CT molecular complexity index is 331. The second kappa shape index (κ2) is 3.79. The summed E-state index contributed by atoms with van der Waals surface area (Å²) in [6, 6.07) is 1.80. The van der Waals surface area contributed by atoms with Gasteiger partial charge in [0, 0.05) is 6.20 Å². The van der Waals surface area contributed by atoms with E-state index in [0.717, 1.165) is 5.69 Å². The van der Waals surface area contributed by atoms with Crippen molar-refractivity contribution in [3.63, 3.8) is 0 Å². The van der Waals surface area contributed by atoms with Crippen molar-refractivity contribution >= 4 is 5.97 Å². The fraction of sp³-hybridized carbons (Fsp3) is 0.556. The van der Waals surface area contributed by atoms with Gasteiger partial charge in [0.1, 0.15) is 0 Å². The smallest absolute Gasteiger partial charge is 0.339 e. The maximum atomic E-state index is 11.1. The Morgan fingerprint density at radius 3 is 2.86 bits per heavy atom. The van der Waals surface area contributed by atoms with Gasteiger partial charge in [-0.15, -0.1) is 0 Å². The van der Waals surface area contributed by atoms with Crippen molar-refractivity contribution in [3.05, 3.63) is 18.0 Å². The second-order valence-electron chi connectivity index (χ2n) is 3.42. The number of carbonyl (C=O) groups is 1. The largest absolute Gasteiger partial charge is 0.467 e. The summed E-state index contributed by atoms with van der Waals surface area (Å²) in [7, 11) is 1.24. The zero-order valence-electron chi connectivity index (χ0n) is 8.52. The molecule has 0 fully saturated rings. The van der Waals surface area contributed by atoms with Crippen molar-refractivity contribution in [2.24, 2.45) is 0 Å². The molecule has 0 saturated carbocycles. The summed E-state index contributed by atoms with van der Waals surface area (Å²) in [6.45, 7) is 3.33. The van der Waals surface area contributed by atoms with Gasteiger partial charge in [-0.2, -0.15) is 5.10 Å². The highest BCUT2D eigenvalue weighted by Gasteiger charge is 2.32. The molecule has 0 aliphatic carbocycles. The van der Waals surface area contributed by atoms with Crippen LogP contribution in [0.2, 0.25) is 0 Å². The Balaban J connectivity index is 2.72. The highest BCUT2D eigenvalue weighted by atomic mass is 16.5. The van der Waals surface area contributed by atoms with Gasteiger partial charge in [-0.05, 0) is 19.9 Å². The number of ether oxygens (including phenoxy) is 1. The van der Waals surface area contributed by atoms with Gasteiger partial charge in [-0.3, -0.25) is 4.68 Å². The number of nitrogens with zero attached hydrogens (tertiary/aromatic N) is 2. The summed E-state index contributed by atoms with van der Waals surface area (Å²) in [5.74, 6) is -0.661. The van der Waals surface area contributed by atoms with E-state index >= 15 is 0 Å². The molecule has 0 aliphatic heterocycles. The predicted octanol–water partition coefficient (Wildman–Crippen LogP) is 0.116. The molecule has 1 N–H and O–H groups in total. The maximum absolute atomic E-state index is 11.1. The normalized spacial score (nSPS) is 14.9. The molecule has 1 heterocycles. The van der Waals surface area contributed by atoms with Crippen LogP contribution in [0.25, 0.3) is 0 Å². The molecule has 0 radical (unpaired) electrons. The van der Waals surface area contributed by atoms with Crippen LogP contribution >= 0.6 is 0 Å². The number of rotatable bonds is 3. The van der Waals surface area contributed by atoms with Gasteiger partial charge in [0.2, 0.25) is 0 Å². The first-order chi connectivity index (χ1) is 6.45. The monoisotopic (exact) mass is 198 g/mol. The van der Waals surface area contributed by atoms with Crippen LogP contribution in [-0.2, 0) is 16.1 Å². The van der Waals surface area contributed by atoms with Crippen LogP contribution in [0, 0.1) is 6.92 Å². The Morgan fingerprint density at radius 2 is 2.43 bits per heavy atom. The molecule has 0 spiro atoms. The fourth-order valence-corrected chi connectivity index (χ4v) is 1.15. The number of carbonyl (C=O) groups excluding carboxylic acids is 1. The topological polar surface area (TPSA) is 64.3 Å². The maximum Gasteiger partial charge on any atom is 0.339 e. The minimum absolute atomic E-state index is 0.0908. The first kappa shape index (κ1) is 10.7. The molecular weight excluding hydrogens is 184 g/mol. The summed E-state index contributed by atoms with van der Waals surface area (Å²) in [4.78, 5) is 11.1. The number of hydrogen-bond acceptors (Lipinski definition) is 4. The molecule has 1 aromatic heterocycles. The molecule has 0 aromatic carbocycles. The molecular formula is C9H14N2O3.